The first kappa shape index (κ1) is 31.3. The maximum atomic E-state index is 14.3. The molecule has 1 saturated heterocycles. The maximum absolute atomic E-state index is 14.3. The van der Waals surface area contributed by atoms with E-state index in [9.17, 15) is 18.7 Å². The number of piperidine rings is 1. The van der Waals surface area contributed by atoms with Crippen molar-refractivity contribution < 1.29 is 18.7 Å². The Labute approximate surface area is 254 Å². The Morgan fingerprint density at radius 2 is 1.74 bits per heavy atom. The van der Waals surface area contributed by atoms with Crippen LogP contribution >= 0.6 is 0 Å². The molecule has 1 saturated carbocycles. The molecule has 1 aliphatic heterocycles. The first-order chi connectivity index (χ1) is 20.6. The van der Waals surface area contributed by atoms with E-state index in [1.165, 1.54) is 17.8 Å². The van der Waals surface area contributed by atoms with Gasteiger partial charge in [0, 0.05) is 37.2 Å². The predicted octanol–water partition coefficient (Wildman–Crippen LogP) is 6.55. The highest BCUT2D eigenvalue weighted by molar-refractivity contribution is 5.73. The van der Waals surface area contributed by atoms with Gasteiger partial charge in [-0.1, -0.05) is 38.1 Å². The molecular formula is C35H46F2N4O2. The largest absolute Gasteiger partial charge is 0.480 e. The molecule has 2 fully saturated rings. The van der Waals surface area contributed by atoms with E-state index in [-0.39, 0.29) is 29.5 Å². The van der Waals surface area contributed by atoms with E-state index < -0.39 is 12.0 Å². The summed E-state index contributed by atoms with van der Waals surface area (Å²) in [6.45, 7) is 9.74. The highest BCUT2D eigenvalue weighted by Gasteiger charge is 2.42. The van der Waals surface area contributed by atoms with Crippen molar-refractivity contribution in [1.29, 1.82) is 0 Å². The van der Waals surface area contributed by atoms with Crippen LogP contribution in [0.3, 0.4) is 0 Å². The summed E-state index contributed by atoms with van der Waals surface area (Å²) in [5, 5.41) is 14.8. The minimum absolute atomic E-state index is 0.000805. The van der Waals surface area contributed by atoms with Crippen LogP contribution in [0.4, 0.5) is 8.78 Å². The van der Waals surface area contributed by atoms with Crippen LogP contribution in [0.25, 0.3) is 0 Å². The third kappa shape index (κ3) is 7.35. The van der Waals surface area contributed by atoms with Crippen molar-refractivity contribution in [3.63, 3.8) is 0 Å². The zero-order valence-electron chi connectivity index (χ0n) is 25.9. The molecule has 0 radical (unpaired) electrons. The number of aryl methyl sites for hydroxylation is 1. The molecule has 4 atom stereocenters. The van der Waals surface area contributed by atoms with Crippen LogP contribution in [0, 0.1) is 23.5 Å². The number of halogens is 2. The molecule has 6 nitrogen and oxygen atoms in total. The fraction of sp³-hybridized carbons (Fsp3) is 0.543. The lowest BCUT2D eigenvalue weighted by molar-refractivity contribution is -0.145. The lowest BCUT2D eigenvalue weighted by Gasteiger charge is -2.35. The van der Waals surface area contributed by atoms with Gasteiger partial charge in [-0.25, -0.2) is 8.78 Å². The number of aromatic nitrogens is 2. The minimum atomic E-state index is -0.782. The first-order valence-corrected chi connectivity index (χ1v) is 15.9. The van der Waals surface area contributed by atoms with E-state index >= 15 is 0 Å². The lowest BCUT2D eigenvalue weighted by atomic mass is 9.87. The number of carboxylic acid groups (broad SMARTS) is 1. The Morgan fingerprint density at radius 1 is 1.05 bits per heavy atom. The zero-order chi connectivity index (χ0) is 30.7. The van der Waals surface area contributed by atoms with Gasteiger partial charge in [-0.05, 0) is 112 Å². The standard InChI is InChI=1S/C35H46F2N4O2/c1-5-41-33(20-30(38-41)17-24-8-6-10-28(36)16-24)25-12-14-40(15-13-25)22-27-19-31(39(4)34(23(2)3)35(42)43)21-32(27)26-9-7-11-29(37)18-26/h6-11,16,18,20,23,25,27,31-32,34H,5,12-15,17,19,21-22H2,1-4H3,(H,42,43)/t27?,31?,32?,34-/m1/s1. The van der Waals surface area contributed by atoms with Gasteiger partial charge >= 0.3 is 5.97 Å². The molecule has 232 valence electrons. The van der Waals surface area contributed by atoms with E-state index in [2.05, 4.69) is 27.5 Å². The second-order valence-corrected chi connectivity index (χ2v) is 13.0. The summed E-state index contributed by atoms with van der Waals surface area (Å²) >= 11 is 0. The van der Waals surface area contributed by atoms with Crippen LogP contribution in [0.5, 0.6) is 0 Å². The summed E-state index contributed by atoms with van der Waals surface area (Å²) in [6.07, 6.45) is 4.44. The molecule has 2 heterocycles. The van der Waals surface area contributed by atoms with Gasteiger partial charge in [0.15, 0.2) is 0 Å². The third-order valence-corrected chi connectivity index (χ3v) is 9.78. The van der Waals surface area contributed by atoms with Crippen molar-refractivity contribution >= 4 is 5.97 Å². The topological polar surface area (TPSA) is 61.6 Å². The molecule has 0 amide bonds. The number of rotatable bonds is 11. The van der Waals surface area contributed by atoms with E-state index in [4.69, 9.17) is 5.10 Å². The van der Waals surface area contributed by atoms with Crippen LogP contribution in [0.2, 0.25) is 0 Å². The van der Waals surface area contributed by atoms with Crippen molar-refractivity contribution in [2.24, 2.45) is 11.8 Å². The van der Waals surface area contributed by atoms with Crippen molar-refractivity contribution in [1.82, 2.24) is 19.6 Å². The number of likely N-dealkylation sites (tertiary alicyclic amines) is 1. The predicted molar refractivity (Wildman–Crippen MR) is 165 cm³/mol. The Hall–Kier alpha value is -3.10. The SMILES string of the molecule is CCn1nc(Cc2cccc(F)c2)cc1C1CCN(CC2CC(N(C)[C@@H](C(=O)O)C(C)C)CC2c2cccc(F)c2)CC1. The quantitative estimate of drug-likeness (QED) is 0.274. The van der Waals surface area contributed by atoms with E-state index in [1.54, 1.807) is 24.3 Å². The van der Waals surface area contributed by atoms with Gasteiger partial charge in [0.1, 0.15) is 17.7 Å². The first-order valence-electron chi connectivity index (χ1n) is 15.9. The Bertz CT molecular complexity index is 1380. The number of nitrogens with zero attached hydrogens (tertiary/aromatic N) is 4. The van der Waals surface area contributed by atoms with Gasteiger partial charge in [0.05, 0.1) is 5.69 Å². The molecular weight excluding hydrogens is 546 g/mol. The average molecular weight is 593 g/mol. The summed E-state index contributed by atoms with van der Waals surface area (Å²) in [5.74, 6) is -0.283. The molecule has 3 aromatic rings. The van der Waals surface area contributed by atoms with Crippen molar-refractivity contribution in [2.75, 3.05) is 26.7 Å². The molecule has 43 heavy (non-hydrogen) atoms. The number of aliphatic carboxylic acids is 1. The number of carbonyl (C=O) groups is 1. The zero-order valence-corrected chi connectivity index (χ0v) is 25.9. The van der Waals surface area contributed by atoms with Gasteiger partial charge in [-0.3, -0.25) is 14.4 Å². The number of carboxylic acids is 1. The van der Waals surface area contributed by atoms with E-state index in [0.29, 0.717) is 18.3 Å². The van der Waals surface area contributed by atoms with E-state index in [0.717, 1.165) is 68.7 Å². The second kappa shape index (κ2) is 13.7. The van der Waals surface area contributed by atoms with Gasteiger partial charge in [-0.15, -0.1) is 0 Å². The van der Waals surface area contributed by atoms with Crippen molar-refractivity contribution in [3.05, 3.63) is 88.7 Å². The fourth-order valence-electron chi connectivity index (χ4n) is 7.69. The smallest absolute Gasteiger partial charge is 0.321 e. The molecule has 5 rings (SSSR count). The monoisotopic (exact) mass is 592 g/mol. The Morgan fingerprint density at radius 3 is 2.37 bits per heavy atom. The average Bonchev–Trinajstić information content (AvgIpc) is 3.57. The van der Waals surface area contributed by atoms with Gasteiger partial charge in [0.25, 0.3) is 0 Å². The Balaban J connectivity index is 1.26. The number of hydrogen-bond acceptors (Lipinski definition) is 4. The molecule has 1 aromatic heterocycles. The summed E-state index contributed by atoms with van der Waals surface area (Å²) in [5.41, 5.74) is 4.19. The van der Waals surface area contributed by atoms with Crippen LogP contribution in [0.1, 0.15) is 80.8 Å². The van der Waals surface area contributed by atoms with Crippen molar-refractivity contribution in [2.45, 2.75) is 83.3 Å². The second-order valence-electron chi connectivity index (χ2n) is 13.0. The van der Waals surface area contributed by atoms with E-state index in [1.807, 2.05) is 33.0 Å². The maximum Gasteiger partial charge on any atom is 0.321 e. The summed E-state index contributed by atoms with van der Waals surface area (Å²) < 4.78 is 30.1. The number of likely N-dealkylation sites (N-methyl/N-ethyl adjacent to an activating group) is 1. The molecule has 8 heteroatoms. The normalized spacial score (nSPS) is 22.5. The van der Waals surface area contributed by atoms with Gasteiger partial charge in [-0.2, -0.15) is 5.10 Å². The molecule has 1 aliphatic carbocycles. The van der Waals surface area contributed by atoms with Crippen LogP contribution in [-0.2, 0) is 17.8 Å². The number of hydrogen-bond donors (Lipinski definition) is 1. The Kier molecular flexibility index (Phi) is 9.97. The highest BCUT2D eigenvalue weighted by atomic mass is 19.1. The van der Waals surface area contributed by atoms with Gasteiger partial charge in [0.2, 0.25) is 0 Å². The highest BCUT2D eigenvalue weighted by Crippen LogP contribution is 2.43. The van der Waals surface area contributed by atoms with Crippen LogP contribution in [0.15, 0.2) is 54.6 Å². The van der Waals surface area contributed by atoms with Gasteiger partial charge < -0.3 is 10.0 Å². The molecule has 2 aliphatic rings. The lowest BCUT2D eigenvalue weighted by Crippen LogP contribution is -2.47. The number of benzene rings is 2. The minimum Gasteiger partial charge on any atom is -0.480 e. The summed E-state index contributed by atoms with van der Waals surface area (Å²) in [4.78, 5) is 16.7. The molecule has 1 N–H and O–H groups in total. The third-order valence-electron chi connectivity index (χ3n) is 9.78. The summed E-state index contributed by atoms with van der Waals surface area (Å²) in [6, 6.07) is 15.5. The summed E-state index contributed by atoms with van der Waals surface area (Å²) in [7, 11) is 1.94. The molecule has 3 unspecified atom stereocenters. The van der Waals surface area contributed by atoms with Crippen molar-refractivity contribution in [3.8, 4) is 0 Å². The van der Waals surface area contributed by atoms with Crippen LogP contribution < -0.4 is 0 Å². The molecule has 0 bridgehead atoms. The fourth-order valence-corrected chi connectivity index (χ4v) is 7.69. The van der Waals surface area contributed by atoms with Crippen LogP contribution in [-0.4, -0.2) is 69.4 Å². The molecule has 0 spiro atoms. The molecule has 2 aromatic carbocycles.